The minimum atomic E-state index is -0.0694. The summed E-state index contributed by atoms with van der Waals surface area (Å²) in [6, 6.07) is 13.6. The van der Waals surface area contributed by atoms with Crippen molar-refractivity contribution in [1.29, 1.82) is 5.26 Å². The van der Waals surface area contributed by atoms with Crippen molar-refractivity contribution < 1.29 is 0 Å². The Kier molecular flexibility index (Phi) is 3.96. The summed E-state index contributed by atoms with van der Waals surface area (Å²) in [6.45, 7) is 2.39. The van der Waals surface area contributed by atoms with Crippen LogP contribution in [0.4, 0.5) is 0 Å². The van der Waals surface area contributed by atoms with E-state index in [1.165, 1.54) is 16.2 Å². The molecule has 0 bridgehead atoms. The highest BCUT2D eigenvalue weighted by Gasteiger charge is 2.15. The van der Waals surface area contributed by atoms with Gasteiger partial charge in [0, 0.05) is 20.7 Å². The first-order chi connectivity index (χ1) is 12.2. The highest BCUT2D eigenvalue weighted by atomic mass is 32.1. The Hall–Kier alpha value is -2.75. The maximum absolute atomic E-state index is 13.0. The molecule has 4 rings (SSSR count). The van der Waals surface area contributed by atoms with Gasteiger partial charge < -0.3 is 0 Å². The molecule has 25 heavy (non-hydrogen) atoms. The molecule has 0 unspecified atom stereocenters. The average Bonchev–Trinajstić information content (AvgIpc) is 3.24. The van der Waals surface area contributed by atoms with Crippen molar-refractivity contribution in [3.05, 3.63) is 74.5 Å². The zero-order valence-corrected chi connectivity index (χ0v) is 15.0. The lowest BCUT2D eigenvalue weighted by molar-refractivity contribution is 0.748. The van der Waals surface area contributed by atoms with E-state index in [9.17, 15) is 10.1 Å². The van der Waals surface area contributed by atoms with Gasteiger partial charge in [0.2, 0.25) is 0 Å². The molecule has 1 aromatic carbocycles. The Labute approximate surface area is 152 Å². The van der Waals surface area contributed by atoms with Crippen LogP contribution in [0.15, 0.2) is 52.9 Å². The summed E-state index contributed by atoms with van der Waals surface area (Å²) >= 11 is 3.16. The SMILES string of the molecule is Cc1ccc(-c2csc3ncn(Cc4ccccc4C#N)c(=O)c23)s1. The van der Waals surface area contributed by atoms with Crippen LogP contribution in [0.25, 0.3) is 20.7 Å². The van der Waals surface area contributed by atoms with Crippen molar-refractivity contribution in [3.8, 4) is 16.5 Å². The molecule has 0 atom stereocenters. The van der Waals surface area contributed by atoms with Gasteiger partial charge in [-0.25, -0.2) is 4.98 Å². The van der Waals surface area contributed by atoms with E-state index in [1.807, 2.05) is 29.6 Å². The number of aryl methyl sites for hydroxylation is 1. The quantitative estimate of drug-likeness (QED) is 0.541. The number of rotatable bonds is 3. The molecule has 4 aromatic rings. The molecule has 0 radical (unpaired) electrons. The molecule has 0 saturated carbocycles. The predicted octanol–water partition coefficient (Wildman–Crippen LogP) is 4.41. The van der Waals surface area contributed by atoms with Crippen LogP contribution in [0.5, 0.6) is 0 Å². The highest BCUT2D eigenvalue weighted by molar-refractivity contribution is 7.19. The topological polar surface area (TPSA) is 58.7 Å². The van der Waals surface area contributed by atoms with Crippen LogP contribution >= 0.6 is 22.7 Å². The van der Waals surface area contributed by atoms with E-state index >= 15 is 0 Å². The summed E-state index contributed by atoms with van der Waals surface area (Å²) in [5.74, 6) is 0. The first kappa shape index (κ1) is 15.8. The maximum atomic E-state index is 13.0. The lowest BCUT2D eigenvalue weighted by atomic mass is 10.1. The van der Waals surface area contributed by atoms with Crippen LogP contribution in [0, 0.1) is 18.3 Å². The van der Waals surface area contributed by atoms with Crippen molar-refractivity contribution in [1.82, 2.24) is 9.55 Å². The van der Waals surface area contributed by atoms with E-state index in [0.29, 0.717) is 17.5 Å². The maximum Gasteiger partial charge on any atom is 0.263 e. The van der Waals surface area contributed by atoms with E-state index in [-0.39, 0.29) is 5.56 Å². The number of hydrogen-bond donors (Lipinski definition) is 0. The van der Waals surface area contributed by atoms with Gasteiger partial charge in [-0.2, -0.15) is 5.26 Å². The van der Waals surface area contributed by atoms with E-state index in [2.05, 4.69) is 24.0 Å². The number of benzene rings is 1. The van der Waals surface area contributed by atoms with Crippen LogP contribution in [0.1, 0.15) is 16.0 Å². The molecule has 0 amide bonds. The number of hydrogen-bond acceptors (Lipinski definition) is 5. The highest BCUT2D eigenvalue weighted by Crippen LogP contribution is 2.34. The van der Waals surface area contributed by atoms with Gasteiger partial charge in [0.05, 0.1) is 29.9 Å². The lowest BCUT2D eigenvalue weighted by Gasteiger charge is -2.07. The number of aromatic nitrogens is 2. The average molecular weight is 363 g/mol. The first-order valence-electron chi connectivity index (χ1n) is 7.69. The number of fused-ring (bicyclic) bond motifs is 1. The second-order valence-electron chi connectivity index (χ2n) is 5.69. The van der Waals surface area contributed by atoms with Crippen molar-refractivity contribution in [2.24, 2.45) is 0 Å². The molecule has 3 aromatic heterocycles. The van der Waals surface area contributed by atoms with E-state index < -0.39 is 0 Å². The molecule has 0 saturated heterocycles. The molecule has 122 valence electrons. The van der Waals surface area contributed by atoms with E-state index in [1.54, 1.807) is 28.3 Å². The third-order valence-electron chi connectivity index (χ3n) is 4.05. The molecular weight excluding hydrogens is 350 g/mol. The summed E-state index contributed by atoms with van der Waals surface area (Å²) in [6.07, 6.45) is 1.57. The van der Waals surface area contributed by atoms with Crippen LogP contribution in [-0.2, 0) is 6.54 Å². The molecule has 0 aliphatic heterocycles. The first-order valence-corrected chi connectivity index (χ1v) is 9.38. The fraction of sp³-hybridized carbons (Fsp3) is 0.105. The van der Waals surface area contributed by atoms with Crippen LogP contribution in [-0.4, -0.2) is 9.55 Å². The van der Waals surface area contributed by atoms with Gasteiger partial charge in [0.25, 0.3) is 5.56 Å². The lowest BCUT2D eigenvalue weighted by Crippen LogP contribution is -2.21. The van der Waals surface area contributed by atoms with Gasteiger partial charge in [-0.05, 0) is 30.7 Å². The number of thiophene rings is 2. The summed E-state index contributed by atoms with van der Waals surface area (Å²) in [7, 11) is 0. The Morgan fingerprint density at radius 2 is 2.08 bits per heavy atom. The summed E-state index contributed by atoms with van der Waals surface area (Å²) in [5.41, 5.74) is 2.27. The van der Waals surface area contributed by atoms with Gasteiger partial charge in [0.1, 0.15) is 4.83 Å². The standard InChI is InChI=1S/C19H13N3OS2/c1-12-6-7-16(25-12)15-10-24-18-17(15)19(23)22(11-21-18)9-14-5-3-2-4-13(14)8-20/h2-7,10-11H,9H2,1H3. The third kappa shape index (κ3) is 2.78. The largest absolute Gasteiger partial charge is 0.294 e. The van der Waals surface area contributed by atoms with Gasteiger partial charge in [-0.1, -0.05) is 18.2 Å². The number of nitriles is 1. The van der Waals surface area contributed by atoms with Crippen molar-refractivity contribution in [3.63, 3.8) is 0 Å². The molecule has 0 fully saturated rings. The molecule has 0 N–H and O–H groups in total. The molecular formula is C19H13N3OS2. The summed E-state index contributed by atoms with van der Waals surface area (Å²) in [4.78, 5) is 20.5. The molecule has 0 aliphatic rings. The second-order valence-corrected chi connectivity index (χ2v) is 7.83. The fourth-order valence-corrected chi connectivity index (χ4v) is 4.65. The monoisotopic (exact) mass is 363 g/mol. The second kappa shape index (κ2) is 6.28. The van der Waals surface area contributed by atoms with Crippen molar-refractivity contribution in [2.75, 3.05) is 0 Å². The fourth-order valence-electron chi connectivity index (χ4n) is 2.79. The Bertz CT molecular complexity index is 1180. The zero-order chi connectivity index (χ0) is 17.4. The molecule has 6 heteroatoms. The minimum Gasteiger partial charge on any atom is -0.294 e. The molecule has 0 spiro atoms. The van der Waals surface area contributed by atoms with Crippen LogP contribution in [0.2, 0.25) is 0 Å². The molecule has 4 nitrogen and oxygen atoms in total. The van der Waals surface area contributed by atoms with Gasteiger partial charge in [-0.15, -0.1) is 22.7 Å². The van der Waals surface area contributed by atoms with Crippen LogP contribution < -0.4 is 5.56 Å². The number of nitrogens with zero attached hydrogens (tertiary/aromatic N) is 3. The Balaban J connectivity index is 1.85. The zero-order valence-electron chi connectivity index (χ0n) is 13.4. The normalized spacial score (nSPS) is 10.9. The van der Waals surface area contributed by atoms with E-state index in [0.717, 1.165) is 20.8 Å². The minimum absolute atomic E-state index is 0.0694. The summed E-state index contributed by atoms with van der Waals surface area (Å²) in [5, 5.41) is 11.9. The predicted molar refractivity (Wildman–Crippen MR) is 102 cm³/mol. The van der Waals surface area contributed by atoms with Crippen LogP contribution in [0.3, 0.4) is 0 Å². The van der Waals surface area contributed by atoms with Gasteiger partial charge in [0.15, 0.2) is 0 Å². The smallest absolute Gasteiger partial charge is 0.263 e. The Morgan fingerprint density at radius 3 is 2.84 bits per heavy atom. The molecule has 3 heterocycles. The Morgan fingerprint density at radius 1 is 1.24 bits per heavy atom. The van der Waals surface area contributed by atoms with Crippen molar-refractivity contribution >= 4 is 32.9 Å². The van der Waals surface area contributed by atoms with Gasteiger partial charge >= 0.3 is 0 Å². The molecule has 0 aliphatic carbocycles. The summed E-state index contributed by atoms with van der Waals surface area (Å²) < 4.78 is 1.58. The van der Waals surface area contributed by atoms with Crippen molar-refractivity contribution in [2.45, 2.75) is 13.5 Å². The third-order valence-corrected chi connectivity index (χ3v) is 5.97. The van der Waals surface area contributed by atoms with E-state index in [4.69, 9.17) is 0 Å². The van der Waals surface area contributed by atoms with Gasteiger partial charge in [-0.3, -0.25) is 9.36 Å².